The normalized spacial score (nSPS) is 22.3. The molecule has 1 amide bonds. The summed E-state index contributed by atoms with van der Waals surface area (Å²) in [6.45, 7) is 0.974. The first-order chi connectivity index (χ1) is 13.0. The van der Waals surface area contributed by atoms with Crippen molar-refractivity contribution in [3.8, 4) is 0 Å². The van der Waals surface area contributed by atoms with Crippen LogP contribution >= 0.6 is 11.6 Å². The highest BCUT2D eigenvalue weighted by atomic mass is 35.5. The Kier molecular flexibility index (Phi) is 4.52. The second-order valence-electron chi connectivity index (χ2n) is 6.75. The standard InChI is InChI=1S/C20H19ClN2O4/c1-27-20(26)17-15(11-5-2-3-6-12(11)21)16-13(7-4-8-14(16)24)23-10-9-22-19(25)18(17)23/h2-3,5-6,15H,4,7-10H2,1H3,(H,22,25)/t15-/m1/s1. The highest BCUT2D eigenvalue weighted by Gasteiger charge is 2.46. The molecule has 0 unspecified atom stereocenters. The highest BCUT2D eigenvalue weighted by Crippen LogP contribution is 2.48. The number of amides is 1. The summed E-state index contributed by atoms with van der Waals surface area (Å²) in [5.74, 6) is -1.66. The van der Waals surface area contributed by atoms with Gasteiger partial charge in [-0.25, -0.2) is 4.79 Å². The predicted octanol–water partition coefficient (Wildman–Crippen LogP) is 2.30. The summed E-state index contributed by atoms with van der Waals surface area (Å²) in [6, 6.07) is 7.11. The maximum atomic E-state index is 12.9. The predicted molar refractivity (Wildman–Crippen MR) is 98.8 cm³/mol. The summed E-state index contributed by atoms with van der Waals surface area (Å²) in [4.78, 5) is 40.3. The lowest BCUT2D eigenvalue weighted by Crippen LogP contribution is -2.50. The number of piperazine rings is 1. The molecule has 1 N–H and O–H groups in total. The van der Waals surface area contributed by atoms with Gasteiger partial charge >= 0.3 is 5.97 Å². The maximum Gasteiger partial charge on any atom is 0.337 e. The minimum Gasteiger partial charge on any atom is -0.466 e. The second-order valence-corrected chi connectivity index (χ2v) is 7.16. The number of nitrogens with one attached hydrogen (secondary N) is 1. The third-order valence-corrected chi connectivity index (χ3v) is 5.66. The number of halogens is 1. The van der Waals surface area contributed by atoms with E-state index >= 15 is 0 Å². The lowest BCUT2D eigenvalue weighted by molar-refractivity contribution is -0.137. The summed E-state index contributed by atoms with van der Waals surface area (Å²) >= 11 is 6.44. The Morgan fingerprint density at radius 1 is 1.26 bits per heavy atom. The smallest absolute Gasteiger partial charge is 0.337 e. The summed E-state index contributed by atoms with van der Waals surface area (Å²) in [5, 5.41) is 3.24. The maximum absolute atomic E-state index is 12.9. The van der Waals surface area contributed by atoms with E-state index in [0.29, 0.717) is 42.1 Å². The van der Waals surface area contributed by atoms with Crippen molar-refractivity contribution in [2.45, 2.75) is 25.2 Å². The van der Waals surface area contributed by atoms with E-state index in [4.69, 9.17) is 16.3 Å². The van der Waals surface area contributed by atoms with Crippen LogP contribution in [0.25, 0.3) is 0 Å². The molecule has 1 aromatic carbocycles. The molecule has 27 heavy (non-hydrogen) atoms. The number of esters is 1. The lowest BCUT2D eigenvalue weighted by Gasteiger charge is -2.43. The van der Waals surface area contributed by atoms with Crippen LogP contribution in [0.3, 0.4) is 0 Å². The van der Waals surface area contributed by atoms with Gasteiger partial charge in [0, 0.05) is 35.8 Å². The molecule has 0 saturated carbocycles. The Bertz CT molecular complexity index is 918. The van der Waals surface area contributed by atoms with Crippen molar-refractivity contribution in [1.82, 2.24) is 10.2 Å². The van der Waals surface area contributed by atoms with E-state index in [0.717, 1.165) is 12.1 Å². The lowest BCUT2D eigenvalue weighted by atomic mass is 9.74. The molecule has 0 radical (unpaired) electrons. The van der Waals surface area contributed by atoms with Gasteiger partial charge in [-0.15, -0.1) is 0 Å². The van der Waals surface area contributed by atoms with Gasteiger partial charge in [-0.2, -0.15) is 0 Å². The van der Waals surface area contributed by atoms with E-state index in [2.05, 4.69) is 5.32 Å². The number of carbonyl (C=O) groups is 3. The molecule has 0 aromatic heterocycles. The molecule has 4 rings (SSSR count). The minimum atomic E-state index is -0.705. The van der Waals surface area contributed by atoms with Crippen LogP contribution in [0.5, 0.6) is 0 Å². The summed E-state index contributed by atoms with van der Waals surface area (Å²) in [7, 11) is 1.28. The molecule has 0 spiro atoms. The first-order valence-electron chi connectivity index (χ1n) is 8.93. The van der Waals surface area contributed by atoms with Crippen molar-refractivity contribution in [1.29, 1.82) is 0 Å². The number of fused-ring (bicyclic) bond motifs is 2. The van der Waals surface area contributed by atoms with Crippen LogP contribution in [-0.2, 0) is 19.1 Å². The monoisotopic (exact) mass is 386 g/mol. The molecular formula is C20H19ClN2O4. The van der Waals surface area contributed by atoms with Gasteiger partial charge in [0.15, 0.2) is 5.78 Å². The number of ketones is 1. The van der Waals surface area contributed by atoms with E-state index < -0.39 is 11.9 Å². The van der Waals surface area contributed by atoms with Crippen molar-refractivity contribution in [2.75, 3.05) is 20.2 Å². The number of rotatable bonds is 2. The van der Waals surface area contributed by atoms with E-state index in [1.807, 2.05) is 11.0 Å². The molecule has 1 atom stereocenters. The molecule has 1 saturated heterocycles. The Labute approximate surface area is 161 Å². The van der Waals surface area contributed by atoms with Crippen LogP contribution in [0.1, 0.15) is 30.7 Å². The first kappa shape index (κ1) is 17.8. The fourth-order valence-electron chi connectivity index (χ4n) is 4.22. The second kappa shape index (κ2) is 6.85. The van der Waals surface area contributed by atoms with Crippen LogP contribution in [0.2, 0.25) is 5.02 Å². The SMILES string of the molecule is COC(=O)C1=C2C(=O)NCCN2C2=C(C(=O)CCC2)[C@H]1c1ccccc1Cl. The Morgan fingerprint density at radius 2 is 2.04 bits per heavy atom. The van der Waals surface area contributed by atoms with Crippen molar-refractivity contribution >= 4 is 29.3 Å². The molecule has 0 bridgehead atoms. The molecule has 7 heteroatoms. The van der Waals surface area contributed by atoms with Crippen LogP contribution in [0.15, 0.2) is 46.8 Å². The van der Waals surface area contributed by atoms with Crippen molar-refractivity contribution in [3.63, 3.8) is 0 Å². The Hall–Kier alpha value is -2.60. The molecule has 3 aliphatic rings. The topological polar surface area (TPSA) is 75.7 Å². The van der Waals surface area contributed by atoms with Gasteiger partial charge in [0.05, 0.1) is 18.6 Å². The van der Waals surface area contributed by atoms with Crippen molar-refractivity contribution < 1.29 is 19.1 Å². The zero-order valence-electron chi connectivity index (χ0n) is 14.9. The number of Topliss-reactive ketones (excluding diaryl/α,β-unsaturated/α-hetero) is 1. The van der Waals surface area contributed by atoms with Gasteiger partial charge < -0.3 is 15.0 Å². The molecule has 1 aliphatic carbocycles. The molecule has 6 nitrogen and oxygen atoms in total. The van der Waals surface area contributed by atoms with Crippen LogP contribution in [0.4, 0.5) is 0 Å². The average molecular weight is 387 g/mol. The largest absolute Gasteiger partial charge is 0.466 e. The van der Waals surface area contributed by atoms with Gasteiger partial charge in [0.1, 0.15) is 5.70 Å². The fourth-order valence-corrected chi connectivity index (χ4v) is 4.46. The van der Waals surface area contributed by atoms with Gasteiger partial charge in [-0.1, -0.05) is 29.8 Å². The van der Waals surface area contributed by atoms with E-state index in [9.17, 15) is 14.4 Å². The van der Waals surface area contributed by atoms with Crippen molar-refractivity contribution in [3.05, 3.63) is 57.4 Å². The van der Waals surface area contributed by atoms with Crippen LogP contribution < -0.4 is 5.32 Å². The number of nitrogens with zero attached hydrogens (tertiary/aromatic N) is 1. The zero-order chi connectivity index (χ0) is 19.1. The molecule has 140 valence electrons. The van der Waals surface area contributed by atoms with Gasteiger partial charge in [-0.05, 0) is 24.5 Å². The number of benzene rings is 1. The highest BCUT2D eigenvalue weighted by molar-refractivity contribution is 6.31. The quantitative estimate of drug-likeness (QED) is 0.789. The number of hydrogen-bond donors (Lipinski definition) is 1. The van der Waals surface area contributed by atoms with E-state index in [1.54, 1.807) is 18.2 Å². The third kappa shape index (κ3) is 2.75. The van der Waals surface area contributed by atoms with Gasteiger partial charge in [0.25, 0.3) is 5.91 Å². The molecule has 2 heterocycles. The molecular weight excluding hydrogens is 368 g/mol. The van der Waals surface area contributed by atoms with Crippen LogP contribution in [-0.4, -0.2) is 42.8 Å². The summed E-state index contributed by atoms with van der Waals surface area (Å²) in [6.07, 6.45) is 1.84. The van der Waals surface area contributed by atoms with Crippen LogP contribution in [0, 0.1) is 0 Å². The number of ether oxygens (including phenoxy) is 1. The Morgan fingerprint density at radius 3 is 2.78 bits per heavy atom. The number of hydrogen-bond acceptors (Lipinski definition) is 5. The van der Waals surface area contributed by atoms with E-state index in [-0.39, 0.29) is 23.0 Å². The Balaban J connectivity index is 2.04. The number of methoxy groups -OCH3 is 1. The summed E-state index contributed by atoms with van der Waals surface area (Å²) in [5.41, 5.74) is 2.47. The van der Waals surface area contributed by atoms with Gasteiger partial charge in [0.2, 0.25) is 0 Å². The molecule has 2 aliphatic heterocycles. The summed E-state index contributed by atoms with van der Waals surface area (Å²) < 4.78 is 5.01. The minimum absolute atomic E-state index is 0.00685. The third-order valence-electron chi connectivity index (χ3n) is 5.31. The molecule has 1 aromatic rings. The first-order valence-corrected chi connectivity index (χ1v) is 9.31. The fraction of sp³-hybridized carbons (Fsp3) is 0.350. The van der Waals surface area contributed by atoms with Gasteiger partial charge in [-0.3, -0.25) is 9.59 Å². The van der Waals surface area contributed by atoms with E-state index in [1.165, 1.54) is 7.11 Å². The number of carbonyl (C=O) groups excluding carboxylic acids is 3. The number of allylic oxidation sites excluding steroid dienone is 2. The van der Waals surface area contributed by atoms with Crippen molar-refractivity contribution in [2.24, 2.45) is 0 Å². The zero-order valence-corrected chi connectivity index (χ0v) is 15.6. The molecule has 1 fully saturated rings. The average Bonchev–Trinajstić information content (AvgIpc) is 2.67.